The van der Waals surface area contributed by atoms with Gasteiger partial charge in [0.1, 0.15) is 0 Å². The van der Waals surface area contributed by atoms with Crippen LogP contribution in [-0.2, 0) is 6.42 Å². The first kappa shape index (κ1) is 18.6. The summed E-state index contributed by atoms with van der Waals surface area (Å²) in [7, 11) is 0. The number of piperazine rings is 1. The first-order valence-corrected chi connectivity index (χ1v) is 9.60. The Labute approximate surface area is 160 Å². The molecule has 0 bridgehead atoms. The van der Waals surface area contributed by atoms with E-state index in [-0.39, 0.29) is 12.1 Å². The fourth-order valence-corrected chi connectivity index (χ4v) is 3.52. The number of halogens is 1. The van der Waals surface area contributed by atoms with Crippen LogP contribution in [0.15, 0.2) is 54.6 Å². The van der Waals surface area contributed by atoms with Gasteiger partial charge >= 0.3 is 6.03 Å². The summed E-state index contributed by atoms with van der Waals surface area (Å²) in [5, 5.41) is 3.89. The largest absolute Gasteiger partial charge is 0.367 e. The summed E-state index contributed by atoms with van der Waals surface area (Å²) in [5.41, 5.74) is 2.35. The highest BCUT2D eigenvalue weighted by Crippen LogP contribution is 2.26. The van der Waals surface area contributed by atoms with Gasteiger partial charge in [-0.1, -0.05) is 54.1 Å². The van der Waals surface area contributed by atoms with Crippen LogP contribution in [0.4, 0.5) is 10.5 Å². The van der Waals surface area contributed by atoms with Crippen molar-refractivity contribution < 1.29 is 4.79 Å². The van der Waals surface area contributed by atoms with Crippen molar-refractivity contribution in [3.05, 3.63) is 65.2 Å². The fourth-order valence-electron chi connectivity index (χ4n) is 3.26. The number of carbonyl (C=O) groups is 1. The average molecular weight is 372 g/mol. The molecule has 4 nitrogen and oxygen atoms in total. The maximum absolute atomic E-state index is 12.5. The number of anilines is 1. The molecule has 0 aromatic heterocycles. The smallest absolute Gasteiger partial charge is 0.317 e. The van der Waals surface area contributed by atoms with Gasteiger partial charge in [-0.05, 0) is 37.5 Å². The van der Waals surface area contributed by atoms with Gasteiger partial charge in [0.05, 0.1) is 10.7 Å². The Balaban J connectivity index is 1.44. The molecule has 5 heteroatoms. The van der Waals surface area contributed by atoms with Crippen molar-refractivity contribution in [3.63, 3.8) is 0 Å². The molecule has 3 rings (SSSR count). The minimum absolute atomic E-state index is 0.0318. The van der Waals surface area contributed by atoms with Gasteiger partial charge in [0.15, 0.2) is 0 Å². The number of hydrogen-bond donors (Lipinski definition) is 1. The molecular formula is C21H26ClN3O. The number of nitrogens with zero attached hydrogens (tertiary/aromatic N) is 2. The van der Waals surface area contributed by atoms with E-state index in [0.717, 1.165) is 36.6 Å². The summed E-state index contributed by atoms with van der Waals surface area (Å²) < 4.78 is 0. The zero-order valence-corrected chi connectivity index (χ0v) is 16.0. The van der Waals surface area contributed by atoms with Crippen molar-refractivity contribution >= 4 is 23.3 Å². The van der Waals surface area contributed by atoms with Crippen LogP contribution in [0.2, 0.25) is 5.02 Å². The minimum Gasteiger partial charge on any atom is -0.367 e. The van der Waals surface area contributed by atoms with Crippen molar-refractivity contribution in [2.24, 2.45) is 0 Å². The Morgan fingerprint density at radius 2 is 1.69 bits per heavy atom. The summed E-state index contributed by atoms with van der Waals surface area (Å²) in [5.74, 6) is 0. The molecule has 0 unspecified atom stereocenters. The number of hydrogen-bond acceptors (Lipinski definition) is 2. The monoisotopic (exact) mass is 371 g/mol. The van der Waals surface area contributed by atoms with Gasteiger partial charge in [-0.2, -0.15) is 0 Å². The van der Waals surface area contributed by atoms with Crippen molar-refractivity contribution in [2.75, 3.05) is 31.1 Å². The van der Waals surface area contributed by atoms with Crippen LogP contribution < -0.4 is 10.2 Å². The second kappa shape index (κ2) is 8.95. The van der Waals surface area contributed by atoms with Gasteiger partial charge in [-0.15, -0.1) is 0 Å². The molecule has 1 aliphatic rings. The molecule has 2 aromatic rings. The lowest BCUT2D eigenvalue weighted by Crippen LogP contribution is -2.53. The molecule has 138 valence electrons. The van der Waals surface area contributed by atoms with E-state index in [9.17, 15) is 4.79 Å². The van der Waals surface area contributed by atoms with Crippen LogP contribution in [0.3, 0.4) is 0 Å². The third-order valence-corrected chi connectivity index (χ3v) is 5.16. The van der Waals surface area contributed by atoms with Crippen LogP contribution in [0.5, 0.6) is 0 Å². The number of amides is 2. The summed E-state index contributed by atoms with van der Waals surface area (Å²) in [6.07, 6.45) is 1.91. The fraction of sp³-hybridized carbons (Fsp3) is 0.381. The summed E-state index contributed by atoms with van der Waals surface area (Å²) in [6, 6.07) is 18.4. The van der Waals surface area contributed by atoms with Crippen LogP contribution >= 0.6 is 11.6 Å². The molecule has 26 heavy (non-hydrogen) atoms. The Morgan fingerprint density at radius 3 is 2.38 bits per heavy atom. The number of para-hydroxylation sites is 1. The predicted octanol–water partition coefficient (Wildman–Crippen LogP) is 4.19. The molecule has 0 aliphatic carbocycles. The number of benzene rings is 2. The first-order valence-electron chi connectivity index (χ1n) is 9.22. The number of nitrogens with one attached hydrogen (secondary N) is 1. The quantitative estimate of drug-likeness (QED) is 0.855. The summed E-state index contributed by atoms with van der Waals surface area (Å²) in [6.45, 7) is 5.09. The van der Waals surface area contributed by atoms with Crippen molar-refractivity contribution in [1.82, 2.24) is 10.2 Å². The maximum Gasteiger partial charge on any atom is 0.317 e. The van der Waals surface area contributed by atoms with Gasteiger partial charge in [0, 0.05) is 32.2 Å². The molecule has 1 aliphatic heterocycles. The Morgan fingerprint density at radius 1 is 1.04 bits per heavy atom. The number of rotatable bonds is 5. The second-order valence-corrected chi connectivity index (χ2v) is 7.21. The van der Waals surface area contributed by atoms with Crippen molar-refractivity contribution in [3.8, 4) is 0 Å². The molecule has 1 N–H and O–H groups in total. The highest BCUT2D eigenvalue weighted by Gasteiger charge is 2.23. The average Bonchev–Trinajstić information content (AvgIpc) is 2.68. The molecule has 1 atom stereocenters. The maximum atomic E-state index is 12.5. The van der Waals surface area contributed by atoms with E-state index in [1.807, 2.05) is 35.2 Å². The van der Waals surface area contributed by atoms with E-state index in [0.29, 0.717) is 13.1 Å². The van der Waals surface area contributed by atoms with E-state index < -0.39 is 0 Å². The Kier molecular flexibility index (Phi) is 6.40. The molecule has 1 heterocycles. The van der Waals surface area contributed by atoms with E-state index in [1.54, 1.807) is 0 Å². The molecular weight excluding hydrogens is 346 g/mol. The third-order valence-electron chi connectivity index (χ3n) is 4.84. The van der Waals surface area contributed by atoms with Crippen LogP contribution in [0.25, 0.3) is 0 Å². The molecule has 2 aromatic carbocycles. The van der Waals surface area contributed by atoms with Gasteiger partial charge in [0.25, 0.3) is 0 Å². The molecule has 1 fully saturated rings. The lowest BCUT2D eigenvalue weighted by Gasteiger charge is -2.36. The highest BCUT2D eigenvalue weighted by molar-refractivity contribution is 6.33. The topological polar surface area (TPSA) is 35.6 Å². The van der Waals surface area contributed by atoms with E-state index in [1.165, 1.54) is 5.56 Å². The zero-order valence-electron chi connectivity index (χ0n) is 15.2. The predicted molar refractivity (Wildman–Crippen MR) is 108 cm³/mol. The van der Waals surface area contributed by atoms with Gasteiger partial charge in [-0.25, -0.2) is 4.79 Å². The van der Waals surface area contributed by atoms with Gasteiger partial charge in [-0.3, -0.25) is 0 Å². The standard InChI is InChI=1S/C21H26ClN3O/c1-17(11-12-18-7-3-2-4-8-18)23-21(26)25-15-13-24(14-16-25)20-10-6-5-9-19(20)22/h2-10,17H,11-16H2,1H3,(H,23,26)/t17-/m1/s1. The van der Waals surface area contributed by atoms with Crippen LogP contribution in [0, 0.1) is 0 Å². The van der Waals surface area contributed by atoms with Crippen LogP contribution in [-0.4, -0.2) is 43.2 Å². The Bertz CT molecular complexity index is 714. The first-order chi connectivity index (χ1) is 12.6. The number of aryl methyl sites for hydroxylation is 1. The van der Waals surface area contributed by atoms with Gasteiger partial charge in [0.2, 0.25) is 0 Å². The Hall–Kier alpha value is -2.20. The molecule has 0 radical (unpaired) electrons. The van der Waals surface area contributed by atoms with E-state index in [4.69, 9.17) is 11.6 Å². The van der Waals surface area contributed by atoms with Crippen LogP contribution in [0.1, 0.15) is 18.9 Å². The lowest BCUT2D eigenvalue weighted by molar-refractivity contribution is 0.190. The molecule has 0 spiro atoms. The summed E-state index contributed by atoms with van der Waals surface area (Å²) >= 11 is 6.28. The summed E-state index contributed by atoms with van der Waals surface area (Å²) in [4.78, 5) is 16.6. The van der Waals surface area contributed by atoms with E-state index in [2.05, 4.69) is 41.4 Å². The number of urea groups is 1. The lowest BCUT2D eigenvalue weighted by atomic mass is 10.1. The zero-order chi connectivity index (χ0) is 18.4. The van der Waals surface area contributed by atoms with Gasteiger partial charge < -0.3 is 15.1 Å². The number of carbonyl (C=O) groups excluding carboxylic acids is 1. The minimum atomic E-state index is 0.0318. The normalized spacial score (nSPS) is 15.6. The highest BCUT2D eigenvalue weighted by atomic mass is 35.5. The SMILES string of the molecule is C[C@H](CCc1ccccc1)NC(=O)N1CCN(c2ccccc2Cl)CC1. The third kappa shape index (κ3) is 4.92. The van der Waals surface area contributed by atoms with E-state index >= 15 is 0 Å². The van der Waals surface area contributed by atoms with Crippen molar-refractivity contribution in [2.45, 2.75) is 25.8 Å². The second-order valence-electron chi connectivity index (χ2n) is 6.80. The molecule has 0 saturated carbocycles. The van der Waals surface area contributed by atoms with Crippen molar-refractivity contribution in [1.29, 1.82) is 0 Å². The molecule has 2 amide bonds. The molecule has 1 saturated heterocycles.